The van der Waals surface area contributed by atoms with E-state index in [4.69, 9.17) is 5.73 Å². The SMILES string of the molecule is CNCc1nccn1-c1ccc(C2CC(=O)c3c(ncn3-c3cccc(CN)c3)CN2)cc1. The monoisotopic (exact) mass is 441 g/mol. The molecule has 8 heteroatoms. The van der Waals surface area contributed by atoms with E-state index in [0.29, 0.717) is 31.7 Å². The standard InChI is InChI=1S/C25H27N7O/c1-27-15-24-28-9-10-31(24)19-7-5-18(6-8-19)21-12-23(33)25-22(14-29-21)30-16-32(25)20-4-2-3-17(11-20)13-26/h2-11,16,21,27,29H,12-15,26H2,1H3. The van der Waals surface area contributed by atoms with E-state index in [1.807, 2.05) is 42.1 Å². The molecule has 4 N–H and O–H groups in total. The Bertz CT molecular complexity index is 1270. The highest BCUT2D eigenvalue weighted by Crippen LogP contribution is 2.27. The van der Waals surface area contributed by atoms with E-state index >= 15 is 0 Å². The van der Waals surface area contributed by atoms with Gasteiger partial charge in [-0.1, -0.05) is 24.3 Å². The van der Waals surface area contributed by atoms with Crippen molar-refractivity contribution in [2.24, 2.45) is 5.73 Å². The molecular formula is C25H27N7O. The van der Waals surface area contributed by atoms with Gasteiger partial charge in [0.25, 0.3) is 0 Å². The molecule has 5 rings (SSSR count). The molecule has 0 aliphatic carbocycles. The largest absolute Gasteiger partial charge is 0.326 e. The lowest BCUT2D eigenvalue weighted by Crippen LogP contribution is -2.20. The zero-order valence-corrected chi connectivity index (χ0v) is 18.5. The van der Waals surface area contributed by atoms with Gasteiger partial charge in [-0.3, -0.25) is 9.36 Å². The van der Waals surface area contributed by atoms with Crippen molar-refractivity contribution >= 4 is 5.78 Å². The molecule has 33 heavy (non-hydrogen) atoms. The topological polar surface area (TPSA) is 103 Å². The first-order valence-electron chi connectivity index (χ1n) is 11.1. The Hall–Kier alpha value is -3.59. The van der Waals surface area contributed by atoms with Crippen LogP contribution in [0, 0.1) is 0 Å². The molecule has 0 saturated heterocycles. The van der Waals surface area contributed by atoms with E-state index in [0.717, 1.165) is 34.0 Å². The zero-order chi connectivity index (χ0) is 22.8. The average molecular weight is 442 g/mol. The first kappa shape index (κ1) is 21.3. The van der Waals surface area contributed by atoms with Crippen LogP contribution in [0.3, 0.4) is 0 Å². The van der Waals surface area contributed by atoms with Crippen LogP contribution in [0.25, 0.3) is 11.4 Å². The second kappa shape index (κ2) is 9.11. The number of hydrogen-bond acceptors (Lipinski definition) is 6. The molecule has 168 valence electrons. The summed E-state index contributed by atoms with van der Waals surface area (Å²) in [6.45, 7) is 1.68. The summed E-state index contributed by atoms with van der Waals surface area (Å²) in [6, 6.07) is 16.1. The van der Waals surface area contributed by atoms with E-state index in [2.05, 4.69) is 49.4 Å². The van der Waals surface area contributed by atoms with Gasteiger partial charge in [0.1, 0.15) is 17.8 Å². The van der Waals surface area contributed by atoms with Gasteiger partial charge in [0, 0.05) is 49.3 Å². The number of imidazole rings is 2. The van der Waals surface area contributed by atoms with E-state index in [-0.39, 0.29) is 11.8 Å². The number of carbonyl (C=O) groups is 1. The molecule has 0 radical (unpaired) electrons. The summed E-state index contributed by atoms with van der Waals surface area (Å²) in [6.07, 6.45) is 5.85. The van der Waals surface area contributed by atoms with Gasteiger partial charge in [-0.05, 0) is 42.4 Å². The summed E-state index contributed by atoms with van der Waals surface area (Å²) in [7, 11) is 1.91. The lowest BCUT2D eigenvalue weighted by atomic mass is 10.0. The molecule has 2 aromatic carbocycles. The van der Waals surface area contributed by atoms with Crippen molar-refractivity contribution in [3.05, 3.63) is 95.6 Å². The number of nitrogens with one attached hydrogen (secondary N) is 2. The van der Waals surface area contributed by atoms with Crippen LogP contribution >= 0.6 is 0 Å². The summed E-state index contributed by atoms with van der Waals surface area (Å²) in [5.41, 5.74) is 11.2. The number of nitrogens with zero attached hydrogens (tertiary/aromatic N) is 4. The van der Waals surface area contributed by atoms with Crippen LogP contribution in [0.5, 0.6) is 0 Å². The van der Waals surface area contributed by atoms with Gasteiger partial charge in [0.15, 0.2) is 5.78 Å². The first-order chi connectivity index (χ1) is 16.2. The average Bonchev–Trinajstić information content (AvgIpc) is 3.46. The highest BCUT2D eigenvalue weighted by Gasteiger charge is 2.27. The third-order valence-electron chi connectivity index (χ3n) is 6.06. The van der Waals surface area contributed by atoms with Gasteiger partial charge in [0.2, 0.25) is 0 Å². The van der Waals surface area contributed by atoms with Crippen LogP contribution in [-0.4, -0.2) is 31.9 Å². The molecule has 1 aliphatic heterocycles. The Labute approximate surface area is 192 Å². The fourth-order valence-electron chi connectivity index (χ4n) is 4.37. The van der Waals surface area contributed by atoms with Crippen molar-refractivity contribution in [1.29, 1.82) is 0 Å². The Morgan fingerprint density at radius 1 is 1.12 bits per heavy atom. The minimum absolute atomic E-state index is 0.0747. The summed E-state index contributed by atoms with van der Waals surface area (Å²) in [4.78, 5) is 22.3. The van der Waals surface area contributed by atoms with Crippen LogP contribution in [0.15, 0.2) is 67.3 Å². The summed E-state index contributed by atoms with van der Waals surface area (Å²) >= 11 is 0. The van der Waals surface area contributed by atoms with Crippen molar-refractivity contribution in [1.82, 2.24) is 29.7 Å². The van der Waals surface area contributed by atoms with E-state index in [9.17, 15) is 4.79 Å². The Morgan fingerprint density at radius 2 is 1.97 bits per heavy atom. The maximum absolute atomic E-state index is 13.3. The van der Waals surface area contributed by atoms with Gasteiger partial charge in [-0.15, -0.1) is 0 Å². The molecule has 2 aromatic heterocycles. The minimum atomic E-state index is -0.0795. The summed E-state index contributed by atoms with van der Waals surface area (Å²) in [5, 5.41) is 6.65. The van der Waals surface area contributed by atoms with Crippen molar-refractivity contribution in [3.8, 4) is 11.4 Å². The van der Waals surface area contributed by atoms with Crippen LogP contribution < -0.4 is 16.4 Å². The zero-order valence-electron chi connectivity index (χ0n) is 18.5. The molecule has 1 unspecified atom stereocenters. The smallest absolute Gasteiger partial charge is 0.183 e. The van der Waals surface area contributed by atoms with Gasteiger partial charge in [-0.2, -0.15) is 0 Å². The van der Waals surface area contributed by atoms with Crippen molar-refractivity contribution < 1.29 is 4.79 Å². The van der Waals surface area contributed by atoms with Crippen LogP contribution in [0.2, 0.25) is 0 Å². The summed E-state index contributed by atoms with van der Waals surface area (Å²) < 4.78 is 3.94. The number of Topliss-reactive ketones (excluding diaryl/α,β-unsaturated/α-hetero) is 1. The Kier molecular flexibility index (Phi) is 5.87. The highest BCUT2D eigenvalue weighted by molar-refractivity contribution is 5.97. The van der Waals surface area contributed by atoms with Crippen LogP contribution in [-0.2, 0) is 19.6 Å². The third-order valence-corrected chi connectivity index (χ3v) is 6.06. The molecule has 8 nitrogen and oxygen atoms in total. The summed E-state index contributed by atoms with van der Waals surface area (Å²) in [5.74, 6) is 1.02. The lowest BCUT2D eigenvalue weighted by Gasteiger charge is -2.17. The van der Waals surface area contributed by atoms with Gasteiger partial charge in [-0.25, -0.2) is 9.97 Å². The minimum Gasteiger partial charge on any atom is -0.326 e. The van der Waals surface area contributed by atoms with E-state index in [1.54, 1.807) is 12.5 Å². The molecule has 0 saturated carbocycles. The van der Waals surface area contributed by atoms with Crippen LogP contribution in [0.1, 0.15) is 45.6 Å². The molecule has 3 heterocycles. The molecule has 0 bridgehead atoms. The van der Waals surface area contributed by atoms with E-state index in [1.165, 1.54) is 0 Å². The highest BCUT2D eigenvalue weighted by atomic mass is 16.1. The number of rotatable bonds is 6. The fraction of sp³-hybridized carbons (Fsp3) is 0.240. The predicted molar refractivity (Wildman–Crippen MR) is 126 cm³/mol. The number of fused-ring (bicyclic) bond motifs is 1. The predicted octanol–water partition coefficient (Wildman–Crippen LogP) is 2.65. The number of nitrogens with two attached hydrogens (primary N) is 1. The van der Waals surface area contributed by atoms with Gasteiger partial charge in [0.05, 0.1) is 12.2 Å². The second-order valence-electron chi connectivity index (χ2n) is 8.18. The molecule has 1 atom stereocenters. The van der Waals surface area contributed by atoms with Gasteiger partial charge < -0.3 is 20.9 Å². The Morgan fingerprint density at radius 3 is 2.76 bits per heavy atom. The second-order valence-corrected chi connectivity index (χ2v) is 8.18. The quantitative estimate of drug-likeness (QED) is 0.425. The van der Waals surface area contributed by atoms with Gasteiger partial charge >= 0.3 is 0 Å². The Balaban J connectivity index is 1.38. The van der Waals surface area contributed by atoms with Crippen molar-refractivity contribution in [2.75, 3.05) is 7.05 Å². The maximum atomic E-state index is 13.3. The molecule has 4 aromatic rings. The van der Waals surface area contributed by atoms with Crippen LogP contribution in [0.4, 0.5) is 0 Å². The van der Waals surface area contributed by atoms with E-state index < -0.39 is 0 Å². The molecule has 0 amide bonds. The third kappa shape index (κ3) is 4.11. The maximum Gasteiger partial charge on any atom is 0.183 e. The number of ketones is 1. The molecule has 1 aliphatic rings. The molecule has 0 fully saturated rings. The lowest BCUT2D eigenvalue weighted by molar-refractivity contribution is 0.0966. The number of hydrogen-bond donors (Lipinski definition) is 3. The number of carbonyl (C=O) groups excluding carboxylic acids is 1. The molecular weight excluding hydrogens is 414 g/mol. The first-order valence-corrected chi connectivity index (χ1v) is 11.1. The number of benzene rings is 2. The number of aromatic nitrogens is 4. The van der Waals surface area contributed by atoms with Crippen molar-refractivity contribution in [3.63, 3.8) is 0 Å². The molecule has 0 spiro atoms. The van der Waals surface area contributed by atoms with Crippen molar-refractivity contribution in [2.45, 2.75) is 32.1 Å². The normalized spacial score (nSPS) is 15.9. The fourth-order valence-corrected chi connectivity index (χ4v) is 4.37.